The molecule has 22 heavy (non-hydrogen) atoms. The zero-order valence-corrected chi connectivity index (χ0v) is 12.5. The van der Waals surface area contributed by atoms with Crippen LogP contribution in [0.2, 0.25) is 0 Å². The Morgan fingerprint density at radius 1 is 1.32 bits per heavy atom. The molecule has 1 aromatic carbocycles. The van der Waals surface area contributed by atoms with E-state index in [9.17, 15) is 14.0 Å². The minimum absolute atomic E-state index is 0.151. The van der Waals surface area contributed by atoms with Crippen molar-refractivity contribution in [2.24, 2.45) is 0 Å². The van der Waals surface area contributed by atoms with E-state index in [0.29, 0.717) is 12.1 Å². The second kappa shape index (κ2) is 7.00. The summed E-state index contributed by atoms with van der Waals surface area (Å²) in [5.41, 5.74) is 0.894. The summed E-state index contributed by atoms with van der Waals surface area (Å²) in [7, 11) is 3.73. The van der Waals surface area contributed by atoms with Crippen molar-refractivity contribution in [3.8, 4) is 0 Å². The Morgan fingerprint density at radius 3 is 2.68 bits per heavy atom. The van der Waals surface area contributed by atoms with Crippen LogP contribution in [-0.2, 0) is 0 Å². The highest BCUT2D eigenvalue weighted by Gasteiger charge is 2.16. The predicted octanol–water partition coefficient (Wildman–Crippen LogP) is 1.55. The van der Waals surface area contributed by atoms with Gasteiger partial charge in [0.15, 0.2) is 0 Å². The molecular formula is C16H18FN3O2. The second-order valence-corrected chi connectivity index (χ2v) is 5.19. The van der Waals surface area contributed by atoms with Crippen LogP contribution in [0.15, 0.2) is 47.4 Å². The Morgan fingerprint density at radius 2 is 2.09 bits per heavy atom. The summed E-state index contributed by atoms with van der Waals surface area (Å²) in [5, 5.41) is 2.79. The number of aromatic nitrogens is 1. The SMILES string of the molecule is CN(C)[C@H](CNC(=O)c1ccc(=O)[nH]c1)c1cccc(F)c1. The molecular weight excluding hydrogens is 285 g/mol. The highest BCUT2D eigenvalue weighted by atomic mass is 19.1. The molecule has 6 heteroatoms. The molecule has 2 rings (SSSR count). The number of likely N-dealkylation sites (N-methyl/N-ethyl adjacent to an activating group) is 1. The lowest BCUT2D eigenvalue weighted by molar-refractivity contribution is 0.0941. The third-order valence-corrected chi connectivity index (χ3v) is 3.36. The Kier molecular flexibility index (Phi) is 5.06. The summed E-state index contributed by atoms with van der Waals surface area (Å²) in [6.45, 7) is 0.328. The number of carbonyl (C=O) groups excluding carboxylic acids is 1. The fourth-order valence-corrected chi connectivity index (χ4v) is 2.16. The van der Waals surface area contributed by atoms with Crippen LogP contribution < -0.4 is 10.9 Å². The first kappa shape index (κ1) is 15.9. The van der Waals surface area contributed by atoms with Crippen molar-refractivity contribution in [1.82, 2.24) is 15.2 Å². The van der Waals surface area contributed by atoms with E-state index in [1.165, 1.54) is 30.5 Å². The van der Waals surface area contributed by atoms with E-state index in [4.69, 9.17) is 0 Å². The third-order valence-electron chi connectivity index (χ3n) is 3.36. The van der Waals surface area contributed by atoms with Crippen molar-refractivity contribution in [1.29, 1.82) is 0 Å². The molecule has 1 atom stereocenters. The summed E-state index contributed by atoms with van der Waals surface area (Å²) in [5.74, 6) is -0.601. The molecule has 5 nitrogen and oxygen atoms in total. The molecule has 1 aromatic heterocycles. The normalized spacial score (nSPS) is 12.2. The first-order chi connectivity index (χ1) is 10.5. The van der Waals surface area contributed by atoms with E-state index < -0.39 is 0 Å². The monoisotopic (exact) mass is 303 g/mol. The van der Waals surface area contributed by atoms with Crippen molar-refractivity contribution in [2.75, 3.05) is 20.6 Å². The number of amides is 1. The summed E-state index contributed by atoms with van der Waals surface area (Å²) in [4.78, 5) is 27.4. The van der Waals surface area contributed by atoms with Crippen LogP contribution in [0.25, 0.3) is 0 Å². The van der Waals surface area contributed by atoms with Crippen LogP contribution in [0, 0.1) is 5.82 Å². The second-order valence-electron chi connectivity index (χ2n) is 5.19. The Labute approximate surface area is 127 Å². The van der Waals surface area contributed by atoms with Gasteiger partial charge >= 0.3 is 0 Å². The number of pyridine rings is 1. The largest absolute Gasteiger partial charge is 0.350 e. The van der Waals surface area contributed by atoms with Crippen LogP contribution >= 0.6 is 0 Å². The lowest BCUT2D eigenvalue weighted by Crippen LogP contribution is -2.34. The number of nitrogens with one attached hydrogen (secondary N) is 2. The molecule has 1 heterocycles. The fraction of sp³-hybridized carbons (Fsp3) is 0.250. The number of hydrogen-bond acceptors (Lipinski definition) is 3. The van der Waals surface area contributed by atoms with Crippen LogP contribution in [0.5, 0.6) is 0 Å². The van der Waals surface area contributed by atoms with Gasteiger partial charge in [0.05, 0.1) is 11.6 Å². The van der Waals surface area contributed by atoms with Gasteiger partial charge in [0.2, 0.25) is 5.56 Å². The number of halogens is 1. The minimum atomic E-state index is -0.309. The number of aromatic amines is 1. The molecule has 0 unspecified atom stereocenters. The first-order valence-corrected chi connectivity index (χ1v) is 6.86. The average Bonchev–Trinajstić information content (AvgIpc) is 2.47. The lowest BCUT2D eigenvalue weighted by atomic mass is 10.1. The summed E-state index contributed by atoms with van der Waals surface area (Å²) in [6, 6.07) is 8.91. The van der Waals surface area contributed by atoms with Crippen molar-refractivity contribution in [2.45, 2.75) is 6.04 Å². The topological polar surface area (TPSA) is 65.2 Å². The van der Waals surface area contributed by atoms with Gasteiger partial charge in [-0.25, -0.2) is 4.39 Å². The zero-order valence-electron chi connectivity index (χ0n) is 12.5. The van der Waals surface area contributed by atoms with Gasteiger partial charge in [-0.1, -0.05) is 12.1 Å². The van der Waals surface area contributed by atoms with Crippen molar-refractivity contribution in [3.05, 3.63) is 69.9 Å². The third kappa shape index (κ3) is 4.02. The Hall–Kier alpha value is -2.47. The maximum absolute atomic E-state index is 13.4. The molecule has 1 amide bonds. The van der Waals surface area contributed by atoms with E-state index in [1.807, 2.05) is 25.1 Å². The summed E-state index contributed by atoms with van der Waals surface area (Å²) in [6.07, 6.45) is 1.37. The Bertz CT molecular complexity index is 692. The van der Waals surface area contributed by atoms with E-state index in [0.717, 1.165) is 5.56 Å². The quantitative estimate of drug-likeness (QED) is 0.881. The summed E-state index contributed by atoms with van der Waals surface area (Å²) < 4.78 is 13.4. The lowest BCUT2D eigenvalue weighted by Gasteiger charge is -2.25. The molecule has 2 N–H and O–H groups in total. The highest BCUT2D eigenvalue weighted by Crippen LogP contribution is 2.18. The van der Waals surface area contributed by atoms with Gasteiger partial charge < -0.3 is 15.2 Å². The van der Waals surface area contributed by atoms with Gasteiger partial charge in [-0.2, -0.15) is 0 Å². The average molecular weight is 303 g/mol. The number of benzene rings is 1. The van der Waals surface area contributed by atoms with Crippen LogP contribution in [0.1, 0.15) is 22.0 Å². The molecule has 0 aliphatic carbocycles. The standard InChI is InChI=1S/C16H18FN3O2/c1-20(2)14(11-4-3-5-13(17)8-11)10-19-16(22)12-6-7-15(21)18-9-12/h3-9,14H,10H2,1-2H3,(H,18,21)(H,19,22)/t14-/m1/s1. The van der Waals surface area contributed by atoms with Crippen LogP contribution in [-0.4, -0.2) is 36.4 Å². The van der Waals surface area contributed by atoms with Gasteiger partial charge in [-0.15, -0.1) is 0 Å². The molecule has 0 bridgehead atoms. The van der Waals surface area contributed by atoms with Gasteiger partial charge in [-0.05, 0) is 37.9 Å². The zero-order chi connectivity index (χ0) is 16.1. The van der Waals surface area contributed by atoms with Gasteiger partial charge in [-0.3, -0.25) is 9.59 Å². The number of nitrogens with zero attached hydrogens (tertiary/aromatic N) is 1. The number of hydrogen-bond donors (Lipinski definition) is 2. The van der Waals surface area contributed by atoms with Crippen molar-refractivity contribution >= 4 is 5.91 Å². The van der Waals surface area contributed by atoms with Crippen molar-refractivity contribution < 1.29 is 9.18 Å². The van der Waals surface area contributed by atoms with Gasteiger partial charge in [0, 0.05) is 18.8 Å². The smallest absolute Gasteiger partial charge is 0.252 e. The molecule has 0 aliphatic heterocycles. The molecule has 0 saturated heterocycles. The number of carbonyl (C=O) groups is 1. The van der Waals surface area contributed by atoms with E-state index in [-0.39, 0.29) is 23.3 Å². The first-order valence-electron chi connectivity index (χ1n) is 6.86. The fourth-order valence-electron chi connectivity index (χ4n) is 2.16. The van der Waals surface area contributed by atoms with Gasteiger partial charge in [0.25, 0.3) is 5.91 Å². The molecule has 0 radical (unpaired) electrons. The van der Waals surface area contributed by atoms with Crippen LogP contribution in [0.3, 0.4) is 0 Å². The Balaban J connectivity index is 2.07. The molecule has 116 valence electrons. The van der Waals surface area contributed by atoms with E-state index in [2.05, 4.69) is 10.3 Å². The summed E-state index contributed by atoms with van der Waals surface area (Å²) >= 11 is 0. The van der Waals surface area contributed by atoms with Crippen molar-refractivity contribution in [3.63, 3.8) is 0 Å². The molecule has 0 spiro atoms. The number of H-pyrrole nitrogens is 1. The van der Waals surface area contributed by atoms with Gasteiger partial charge in [0.1, 0.15) is 5.82 Å². The van der Waals surface area contributed by atoms with Crippen LogP contribution in [0.4, 0.5) is 4.39 Å². The molecule has 0 fully saturated rings. The van der Waals surface area contributed by atoms with E-state index >= 15 is 0 Å². The molecule has 2 aromatic rings. The highest BCUT2D eigenvalue weighted by molar-refractivity contribution is 5.93. The maximum Gasteiger partial charge on any atom is 0.252 e. The van der Waals surface area contributed by atoms with E-state index in [1.54, 1.807) is 6.07 Å². The molecule has 0 saturated carbocycles. The molecule has 0 aliphatic rings. The maximum atomic E-state index is 13.4. The predicted molar refractivity (Wildman–Crippen MR) is 82.2 cm³/mol. The minimum Gasteiger partial charge on any atom is -0.350 e. The number of rotatable bonds is 5.